The van der Waals surface area contributed by atoms with E-state index >= 15 is 0 Å². The number of piperidine rings is 1. The van der Waals surface area contributed by atoms with Gasteiger partial charge in [-0.2, -0.15) is 0 Å². The molecule has 2 fully saturated rings. The fourth-order valence-corrected chi connectivity index (χ4v) is 6.15. The third-order valence-electron chi connectivity index (χ3n) is 7.64. The minimum atomic E-state index is -0.239. The van der Waals surface area contributed by atoms with E-state index in [0.717, 1.165) is 31.2 Å². The average Bonchev–Trinajstić information content (AvgIpc) is 2.89. The predicted octanol–water partition coefficient (Wildman–Crippen LogP) is 5.80. The highest BCUT2D eigenvalue weighted by atomic mass is 35.5. The number of nitrogens with zero attached hydrogens (tertiary/aromatic N) is 2. The van der Waals surface area contributed by atoms with Crippen molar-refractivity contribution >= 4 is 52.5 Å². The lowest BCUT2D eigenvalue weighted by molar-refractivity contribution is -0.139. The van der Waals surface area contributed by atoms with Crippen LogP contribution >= 0.6 is 34.8 Å². The molecule has 0 unspecified atom stereocenters. The molecule has 1 heterocycles. The van der Waals surface area contributed by atoms with E-state index < -0.39 is 0 Å². The highest BCUT2D eigenvalue weighted by Crippen LogP contribution is 2.36. The van der Waals surface area contributed by atoms with Crippen molar-refractivity contribution in [1.82, 2.24) is 15.1 Å². The number of likely N-dealkylation sites (N-methyl/N-ethyl adjacent to an activating group) is 1. The molecule has 0 bridgehead atoms. The average molecular weight is 565 g/mol. The number of amides is 3. The first-order valence-electron chi connectivity index (χ1n) is 12.7. The van der Waals surface area contributed by atoms with Crippen LogP contribution in [-0.2, 0) is 9.59 Å². The van der Waals surface area contributed by atoms with Gasteiger partial charge < -0.3 is 15.1 Å². The zero-order valence-electron chi connectivity index (χ0n) is 21.1. The SMILES string of the molecule is CC(=O)N[C@@H]1CCCC[C@@H]1C(=O)N1CC[C@@H](N(C)C(=O)c2ccc(Cl)cc2)[C@H](c2ccc(Cl)c(Cl)c2)C1. The van der Waals surface area contributed by atoms with Gasteiger partial charge in [0.2, 0.25) is 11.8 Å². The molecule has 1 N–H and O–H groups in total. The molecular weight excluding hydrogens is 533 g/mol. The minimum absolute atomic E-state index is 0.0636. The summed E-state index contributed by atoms with van der Waals surface area (Å²) in [7, 11) is 1.80. The van der Waals surface area contributed by atoms with Gasteiger partial charge in [0.15, 0.2) is 0 Å². The molecule has 1 aliphatic carbocycles. The third-order valence-corrected chi connectivity index (χ3v) is 8.63. The molecule has 37 heavy (non-hydrogen) atoms. The van der Waals surface area contributed by atoms with E-state index in [2.05, 4.69) is 5.32 Å². The van der Waals surface area contributed by atoms with Gasteiger partial charge in [0, 0.05) is 55.6 Å². The van der Waals surface area contributed by atoms with Crippen LogP contribution in [-0.4, -0.2) is 59.7 Å². The molecule has 0 aromatic heterocycles. The van der Waals surface area contributed by atoms with Crippen molar-refractivity contribution in [2.45, 2.75) is 57.0 Å². The molecule has 198 valence electrons. The molecule has 0 radical (unpaired) electrons. The summed E-state index contributed by atoms with van der Waals surface area (Å²) >= 11 is 18.6. The molecule has 2 aromatic rings. The summed E-state index contributed by atoms with van der Waals surface area (Å²) in [6.07, 6.45) is 4.15. The Hall–Kier alpha value is -2.28. The van der Waals surface area contributed by atoms with Crippen LogP contribution in [0.5, 0.6) is 0 Å². The predicted molar refractivity (Wildman–Crippen MR) is 147 cm³/mol. The third kappa shape index (κ3) is 6.42. The minimum Gasteiger partial charge on any atom is -0.353 e. The van der Waals surface area contributed by atoms with Gasteiger partial charge in [-0.25, -0.2) is 0 Å². The number of hydrogen-bond donors (Lipinski definition) is 1. The van der Waals surface area contributed by atoms with Gasteiger partial charge in [0.25, 0.3) is 5.91 Å². The van der Waals surface area contributed by atoms with Crippen LogP contribution in [0.3, 0.4) is 0 Å². The fourth-order valence-electron chi connectivity index (χ4n) is 5.72. The molecule has 1 saturated heterocycles. The van der Waals surface area contributed by atoms with Crippen LogP contribution in [0, 0.1) is 5.92 Å². The van der Waals surface area contributed by atoms with E-state index in [9.17, 15) is 14.4 Å². The van der Waals surface area contributed by atoms with Crippen molar-refractivity contribution in [2.75, 3.05) is 20.1 Å². The van der Waals surface area contributed by atoms with Crippen LogP contribution in [0.25, 0.3) is 0 Å². The van der Waals surface area contributed by atoms with Gasteiger partial charge in [-0.15, -0.1) is 0 Å². The quantitative estimate of drug-likeness (QED) is 0.499. The maximum absolute atomic E-state index is 13.7. The molecule has 2 aliphatic rings. The monoisotopic (exact) mass is 563 g/mol. The largest absolute Gasteiger partial charge is 0.353 e. The van der Waals surface area contributed by atoms with Crippen molar-refractivity contribution in [3.05, 3.63) is 68.7 Å². The zero-order chi connectivity index (χ0) is 26.7. The number of rotatable bonds is 5. The summed E-state index contributed by atoms with van der Waals surface area (Å²) in [5.41, 5.74) is 1.48. The molecule has 3 amide bonds. The molecule has 9 heteroatoms. The van der Waals surface area contributed by atoms with Gasteiger partial charge in [0.05, 0.1) is 16.0 Å². The Morgan fingerprint density at radius 1 is 0.946 bits per heavy atom. The summed E-state index contributed by atoms with van der Waals surface area (Å²) in [4.78, 5) is 42.5. The number of nitrogens with one attached hydrogen (secondary N) is 1. The van der Waals surface area contributed by atoms with Crippen molar-refractivity contribution < 1.29 is 14.4 Å². The van der Waals surface area contributed by atoms with Crippen molar-refractivity contribution in [1.29, 1.82) is 0 Å². The van der Waals surface area contributed by atoms with Crippen LogP contribution < -0.4 is 5.32 Å². The lowest BCUT2D eigenvalue weighted by Gasteiger charge is -2.45. The Bertz CT molecular complexity index is 1160. The number of halogens is 3. The Morgan fingerprint density at radius 2 is 1.65 bits per heavy atom. The zero-order valence-corrected chi connectivity index (χ0v) is 23.3. The number of likely N-dealkylation sites (tertiary alicyclic amines) is 1. The van der Waals surface area contributed by atoms with E-state index in [4.69, 9.17) is 34.8 Å². The topological polar surface area (TPSA) is 69.7 Å². The highest BCUT2D eigenvalue weighted by Gasteiger charge is 2.40. The summed E-state index contributed by atoms with van der Waals surface area (Å²) in [6.45, 7) is 2.47. The standard InChI is InChI=1S/C28H32Cl3N3O3/c1-17(35)32-25-6-4-3-5-21(25)28(37)34-14-13-26(22(16-34)19-9-12-23(30)24(31)15-19)33(2)27(36)18-7-10-20(29)11-8-18/h7-12,15,21-22,25-26H,3-6,13-14,16H2,1-2H3,(H,32,35)/t21-,22-,25+,26+/m0/s1. The van der Waals surface area contributed by atoms with Gasteiger partial charge in [0.1, 0.15) is 0 Å². The van der Waals surface area contributed by atoms with E-state index in [1.807, 2.05) is 17.0 Å². The molecule has 1 aliphatic heterocycles. The second-order valence-electron chi connectivity index (χ2n) is 10.0. The second kappa shape index (κ2) is 12.1. The molecule has 4 atom stereocenters. The Kier molecular flexibility index (Phi) is 9.04. The fraction of sp³-hybridized carbons (Fsp3) is 0.464. The molecular formula is C28H32Cl3N3O3. The Labute approximate surface area is 233 Å². The van der Waals surface area contributed by atoms with Gasteiger partial charge in [-0.3, -0.25) is 14.4 Å². The summed E-state index contributed by atoms with van der Waals surface area (Å²) in [5.74, 6) is -0.550. The van der Waals surface area contributed by atoms with Crippen molar-refractivity contribution in [2.24, 2.45) is 5.92 Å². The first-order chi connectivity index (χ1) is 17.7. The summed E-state index contributed by atoms with van der Waals surface area (Å²) in [6, 6.07) is 12.1. The molecule has 1 saturated carbocycles. The first kappa shape index (κ1) is 27.7. The van der Waals surface area contributed by atoms with Crippen LogP contribution in [0.1, 0.15) is 60.9 Å². The lowest BCUT2D eigenvalue weighted by Crippen LogP contribution is -2.55. The molecule has 4 rings (SSSR count). The number of benzene rings is 2. The van der Waals surface area contributed by atoms with Crippen molar-refractivity contribution in [3.8, 4) is 0 Å². The Morgan fingerprint density at radius 3 is 2.32 bits per heavy atom. The second-order valence-corrected chi connectivity index (χ2v) is 11.3. The number of carbonyl (C=O) groups excluding carboxylic acids is 3. The molecule has 2 aromatic carbocycles. The normalized spacial score (nSPS) is 23.9. The lowest BCUT2D eigenvalue weighted by atomic mass is 9.81. The number of carbonyl (C=O) groups is 3. The smallest absolute Gasteiger partial charge is 0.253 e. The maximum Gasteiger partial charge on any atom is 0.253 e. The van der Waals surface area contributed by atoms with Crippen LogP contribution in [0.15, 0.2) is 42.5 Å². The van der Waals surface area contributed by atoms with Crippen LogP contribution in [0.2, 0.25) is 15.1 Å². The maximum atomic E-state index is 13.7. The van der Waals surface area contributed by atoms with Crippen molar-refractivity contribution in [3.63, 3.8) is 0 Å². The molecule has 0 spiro atoms. The van der Waals surface area contributed by atoms with Gasteiger partial charge in [-0.05, 0) is 61.2 Å². The van der Waals surface area contributed by atoms with E-state index in [1.54, 1.807) is 42.3 Å². The van der Waals surface area contributed by atoms with E-state index in [-0.39, 0.29) is 41.6 Å². The van der Waals surface area contributed by atoms with Gasteiger partial charge in [-0.1, -0.05) is 53.7 Å². The Balaban J connectivity index is 1.60. The van der Waals surface area contributed by atoms with E-state index in [0.29, 0.717) is 40.1 Å². The van der Waals surface area contributed by atoms with E-state index in [1.165, 1.54) is 6.92 Å². The first-order valence-corrected chi connectivity index (χ1v) is 13.8. The van der Waals surface area contributed by atoms with Gasteiger partial charge >= 0.3 is 0 Å². The summed E-state index contributed by atoms with van der Waals surface area (Å²) in [5, 5.41) is 4.45. The summed E-state index contributed by atoms with van der Waals surface area (Å²) < 4.78 is 0. The number of hydrogen-bond acceptors (Lipinski definition) is 3. The highest BCUT2D eigenvalue weighted by molar-refractivity contribution is 6.42. The van der Waals surface area contributed by atoms with Crippen LogP contribution in [0.4, 0.5) is 0 Å². The molecule has 6 nitrogen and oxygen atoms in total.